The Bertz CT molecular complexity index is 785. The van der Waals surface area contributed by atoms with Gasteiger partial charge in [0.25, 0.3) is 5.89 Å². The number of benzene rings is 1. The molecule has 1 aromatic carbocycles. The molecule has 1 saturated carbocycles. The number of thioether (sulfide) groups is 1. The molecule has 1 aliphatic heterocycles. The highest BCUT2D eigenvalue weighted by atomic mass is 32.2. The van der Waals surface area contributed by atoms with Gasteiger partial charge >= 0.3 is 5.97 Å². The van der Waals surface area contributed by atoms with E-state index in [9.17, 15) is 9.59 Å². The molecule has 8 heteroatoms. The van der Waals surface area contributed by atoms with Crippen LogP contribution in [-0.4, -0.2) is 27.8 Å². The number of carbonyl (C=O) groups excluding carboxylic acids is 2. The minimum Gasteiger partial charge on any atom is -0.452 e. The van der Waals surface area contributed by atoms with Crippen LogP contribution in [0.15, 0.2) is 27.5 Å². The number of anilines is 1. The van der Waals surface area contributed by atoms with E-state index in [4.69, 9.17) is 9.15 Å². The second kappa shape index (κ2) is 5.69. The summed E-state index contributed by atoms with van der Waals surface area (Å²) in [5.74, 6) is 1.09. The molecule has 1 amide bonds. The van der Waals surface area contributed by atoms with Crippen LogP contribution in [0.25, 0.3) is 0 Å². The lowest BCUT2D eigenvalue weighted by molar-refractivity contribution is -0.113. The molecule has 118 valence electrons. The summed E-state index contributed by atoms with van der Waals surface area (Å²) in [7, 11) is 0. The van der Waals surface area contributed by atoms with Crippen molar-refractivity contribution in [1.82, 2.24) is 10.2 Å². The third-order valence-electron chi connectivity index (χ3n) is 3.58. The van der Waals surface area contributed by atoms with Gasteiger partial charge in [0.1, 0.15) is 0 Å². The van der Waals surface area contributed by atoms with Gasteiger partial charge in [-0.2, -0.15) is 0 Å². The van der Waals surface area contributed by atoms with E-state index in [1.165, 1.54) is 11.8 Å². The van der Waals surface area contributed by atoms with Crippen molar-refractivity contribution in [2.75, 3.05) is 11.1 Å². The molecule has 23 heavy (non-hydrogen) atoms. The van der Waals surface area contributed by atoms with Gasteiger partial charge in [0.15, 0.2) is 6.61 Å². The van der Waals surface area contributed by atoms with Crippen molar-refractivity contribution in [3.8, 4) is 0 Å². The number of aromatic nitrogens is 2. The first-order valence-electron chi connectivity index (χ1n) is 7.25. The molecule has 4 rings (SSSR count). The first kappa shape index (κ1) is 14.3. The van der Waals surface area contributed by atoms with E-state index in [2.05, 4.69) is 15.5 Å². The van der Waals surface area contributed by atoms with E-state index in [-0.39, 0.29) is 12.5 Å². The summed E-state index contributed by atoms with van der Waals surface area (Å²) in [4.78, 5) is 24.4. The van der Waals surface area contributed by atoms with Crippen LogP contribution in [0.1, 0.15) is 40.9 Å². The Morgan fingerprint density at radius 1 is 1.39 bits per heavy atom. The monoisotopic (exact) mass is 331 g/mol. The second-order valence-electron chi connectivity index (χ2n) is 5.43. The number of esters is 1. The van der Waals surface area contributed by atoms with Crippen LogP contribution in [0, 0.1) is 0 Å². The van der Waals surface area contributed by atoms with E-state index in [0.29, 0.717) is 34.7 Å². The summed E-state index contributed by atoms with van der Waals surface area (Å²) in [5.41, 5.74) is 1.00. The van der Waals surface area contributed by atoms with Crippen molar-refractivity contribution in [2.45, 2.75) is 30.3 Å². The maximum Gasteiger partial charge on any atom is 0.338 e. The maximum atomic E-state index is 12.1. The molecule has 0 radical (unpaired) electrons. The molecule has 0 atom stereocenters. The lowest BCUT2D eigenvalue weighted by Crippen LogP contribution is -2.19. The van der Waals surface area contributed by atoms with Crippen LogP contribution in [-0.2, 0) is 16.1 Å². The van der Waals surface area contributed by atoms with Gasteiger partial charge in [-0.05, 0) is 31.0 Å². The minimum absolute atomic E-state index is 0.0588. The van der Waals surface area contributed by atoms with Crippen LogP contribution in [0.5, 0.6) is 0 Å². The summed E-state index contributed by atoms with van der Waals surface area (Å²) in [6.07, 6.45) is 2.14. The minimum atomic E-state index is -0.496. The van der Waals surface area contributed by atoms with E-state index in [1.54, 1.807) is 18.2 Å². The fourth-order valence-corrected chi connectivity index (χ4v) is 3.03. The van der Waals surface area contributed by atoms with Crippen LogP contribution >= 0.6 is 11.8 Å². The molecule has 2 aliphatic rings. The average molecular weight is 331 g/mol. The largest absolute Gasteiger partial charge is 0.452 e. The molecule has 1 fully saturated rings. The Morgan fingerprint density at radius 2 is 2.26 bits per heavy atom. The summed E-state index contributed by atoms with van der Waals surface area (Å²) in [5, 5.41) is 10.5. The Balaban J connectivity index is 1.42. The number of nitrogens with zero attached hydrogens (tertiary/aromatic N) is 2. The van der Waals surface area contributed by atoms with Crippen molar-refractivity contribution < 1.29 is 18.7 Å². The highest BCUT2D eigenvalue weighted by molar-refractivity contribution is 8.00. The zero-order valence-corrected chi connectivity index (χ0v) is 12.9. The highest BCUT2D eigenvalue weighted by Crippen LogP contribution is 2.39. The molecule has 0 spiro atoms. The molecule has 1 aromatic heterocycles. The Hall–Kier alpha value is -2.35. The van der Waals surface area contributed by atoms with E-state index in [0.717, 1.165) is 17.7 Å². The first-order valence-corrected chi connectivity index (χ1v) is 8.24. The molecule has 0 bridgehead atoms. The van der Waals surface area contributed by atoms with Crippen molar-refractivity contribution in [1.29, 1.82) is 0 Å². The zero-order valence-electron chi connectivity index (χ0n) is 12.1. The van der Waals surface area contributed by atoms with Gasteiger partial charge < -0.3 is 14.5 Å². The normalized spacial score (nSPS) is 16.6. The van der Waals surface area contributed by atoms with Gasteiger partial charge in [-0.3, -0.25) is 4.79 Å². The predicted octanol–water partition coefficient (Wildman–Crippen LogP) is 2.35. The van der Waals surface area contributed by atoms with Crippen molar-refractivity contribution >= 4 is 29.3 Å². The van der Waals surface area contributed by atoms with E-state index >= 15 is 0 Å². The molecule has 0 saturated heterocycles. The number of rotatable bonds is 4. The number of ether oxygens (including phenoxy) is 1. The Morgan fingerprint density at radius 3 is 3.09 bits per heavy atom. The molecular formula is C15H13N3O4S. The standard InChI is InChI=1S/C15H13N3O4S/c19-12-7-23-11-4-3-9(5-10(11)16-12)15(20)21-6-13-17-18-14(22-13)8-1-2-8/h3-5,8H,1-2,6-7H2,(H,16,19). The maximum absolute atomic E-state index is 12.1. The number of amides is 1. The molecule has 1 aliphatic carbocycles. The summed E-state index contributed by atoms with van der Waals surface area (Å²) >= 11 is 1.44. The van der Waals surface area contributed by atoms with Crippen LogP contribution < -0.4 is 5.32 Å². The topological polar surface area (TPSA) is 94.3 Å². The lowest BCUT2D eigenvalue weighted by Gasteiger charge is -2.16. The van der Waals surface area contributed by atoms with Crippen LogP contribution in [0.3, 0.4) is 0 Å². The van der Waals surface area contributed by atoms with E-state index in [1.807, 2.05) is 0 Å². The molecule has 1 N–H and O–H groups in total. The molecular weight excluding hydrogens is 318 g/mol. The van der Waals surface area contributed by atoms with Crippen molar-refractivity contribution in [3.05, 3.63) is 35.5 Å². The number of nitrogens with one attached hydrogen (secondary N) is 1. The smallest absolute Gasteiger partial charge is 0.338 e. The lowest BCUT2D eigenvalue weighted by atomic mass is 10.2. The van der Waals surface area contributed by atoms with Crippen molar-refractivity contribution in [2.24, 2.45) is 0 Å². The third kappa shape index (κ3) is 3.07. The Labute approximate surface area is 135 Å². The first-order chi connectivity index (χ1) is 11.2. The van der Waals surface area contributed by atoms with Gasteiger partial charge in [0.05, 0.1) is 17.0 Å². The summed E-state index contributed by atoms with van der Waals surface area (Å²) in [6.45, 7) is -0.0588. The van der Waals surface area contributed by atoms with Crippen molar-refractivity contribution in [3.63, 3.8) is 0 Å². The van der Waals surface area contributed by atoms with E-state index < -0.39 is 5.97 Å². The third-order valence-corrected chi connectivity index (χ3v) is 4.66. The quantitative estimate of drug-likeness (QED) is 0.859. The van der Waals surface area contributed by atoms with Gasteiger partial charge in [-0.1, -0.05) is 0 Å². The fourth-order valence-electron chi connectivity index (χ4n) is 2.24. The summed E-state index contributed by atoms with van der Waals surface area (Å²) < 4.78 is 10.6. The molecule has 7 nitrogen and oxygen atoms in total. The van der Waals surface area contributed by atoms with Crippen LogP contribution in [0.4, 0.5) is 5.69 Å². The molecule has 2 aromatic rings. The van der Waals surface area contributed by atoms with Crippen LogP contribution in [0.2, 0.25) is 0 Å². The second-order valence-corrected chi connectivity index (χ2v) is 6.45. The van der Waals surface area contributed by atoms with Gasteiger partial charge in [-0.25, -0.2) is 4.79 Å². The highest BCUT2D eigenvalue weighted by Gasteiger charge is 2.29. The fraction of sp³-hybridized carbons (Fsp3) is 0.333. The molecule has 0 unspecified atom stereocenters. The van der Waals surface area contributed by atoms with Gasteiger partial charge in [0.2, 0.25) is 11.8 Å². The predicted molar refractivity (Wildman–Crippen MR) is 81.2 cm³/mol. The number of hydrogen-bond donors (Lipinski definition) is 1. The Kier molecular flexibility index (Phi) is 3.53. The summed E-state index contributed by atoms with van der Waals surface area (Å²) in [6, 6.07) is 5.09. The SMILES string of the molecule is O=C1CSc2ccc(C(=O)OCc3nnc(C4CC4)o3)cc2N1. The number of fused-ring (bicyclic) bond motifs is 1. The zero-order chi connectivity index (χ0) is 15.8. The number of carbonyl (C=O) groups is 2. The van der Waals surface area contributed by atoms with Gasteiger partial charge in [-0.15, -0.1) is 22.0 Å². The average Bonchev–Trinajstić information content (AvgIpc) is 3.30. The van der Waals surface area contributed by atoms with Gasteiger partial charge in [0, 0.05) is 10.8 Å². The molecule has 2 heterocycles. The number of hydrogen-bond acceptors (Lipinski definition) is 7.